The number of rotatable bonds is 12. The molecule has 0 aromatic heterocycles. The lowest BCUT2D eigenvalue weighted by Crippen LogP contribution is -2.41. The molecule has 186 valence electrons. The number of aryl methyl sites for hydroxylation is 1. The number of thioether (sulfide) groups is 1. The number of hydrogen-bond acceptors (Lipinski definition) is 5. The second-order valence-electron chi connectivity index (χ2n) is 8.59. The summed E-state index contributed by atoms with van der Waals surface area (Å²) in [6, 6.07) is 13.4. The lowest BCUT2D eigenvalue weighted by molar-refractivity contribution is -0.119. The summed E-state index contributed by atoms with van der Waals surface area (Å²) < 4.78 is 33.5. The monoisotopic (exact) mass is 504 g/mol. The van der Waals surface area contributed by atoms with Crippen molar-refractivity contribution in [2.45, 2.75) is 62.5 Å². The summed E-state index contributed by atoms with van der Waals surface area (Å²) in [5.74, 6) is 1.35. The number of amides is 1. The van der Waals surface area contributed by atoms with Gasteiger partial charge >= 0.3 is 0 Å². The Labute approximate surface area is 208 Å². The van der Waals surface area contributed by atoms with Crippen molar-refractivity contribution in [1.29, 1.82) is 0 Å². The van der Waals surface area contributed by atoms with Gasteiger partial charge in [-0.25, -0.2) is 8.42 Å². The molecular weight excluding hydrogens is 468 g/mol. The summed E-state index contributed by atoms with van der Waals surface area (Å²) in [5.41, 5.74) is 1.39. The fraction of sp³-hybridized carbons (Fsp3) is 0.500. The van der Waals surface area contributed by atoms with Crippen LogP contribution in [-0.2, 0) is 14.8 Å². The number of ether oxygens (including phenoxy) is 1. The number of carbonyl (C=O) groups excluding carboxylic acids is 1. The third kappa shape index (κ3) is 7.67. The van der Waals surface area contributed by atoms with Crippen molar-refractivity contribution in [2.24, 2.45) is 0 Å². The van der Waals surface area contributed by atoms with Crippen molar-refractivity contribution < 1.29 is 17.9 Å². The summed E-state index contributed by atoms with van der Waals surface area (Å²) in [7, 11) is -3.91. The minimum atomic E-state index is -3.91. The lowest BCUT2D eigenvalue weighted by atomic mass is 10.0. The van der Waals surface area contributed by atoms with E-state index in [0.29, 0.717) is 24.6 Å². The highest BCUT2D eigenvalue weighted by atomic mass is 32.2. The van der Waals surface area contributed by atoms with E-state index in [0.717, 1.165) is 23.0 Å². The molecule has 1 aliphatic rings. The Morgan fingerprint density at radius 1 is 1.06 bits per heavy atom. The fourth-order valence-electron chi connectivity index (χ4n) is 4.00. The molecule has 0 bridgehead atoms. The Morgan fingerprint density at radius 3 is 2.38 bits per heavy atom. The molecule has 1 fully saturated rings. The van der Waals surface area contributed by atoms with Crippen LogP contribution in [0.5, 0.6) is 5.75 Å². The summed E-state index contributed by atoms with van der Waals surface area (Å²) in [4.78, 5) is 12.9. The van der Waals surface area contributed by atoms with Gasteiger partial charge in [-0.3, -0.25) is 9.10 Å². The summed E-state index contributed by atoms with van der Waals surface area (Å²) in [5, 5.41) is 3.65. The molecule has 0 aliphatic heterocycles. The first kappa shape index (κ1) is 26.4. The van der Waals surface area contributed by atoms with Crippen LogP contribution in [0.2, 0.25) is 0 Å². The fourth-order valence-corrected chi connectivity index (χ4v) is 6.73. The van der Waals surface area contributed by atoms with Crippen molar-refractivity contribution >= 4 is 33.4 Å². The van der Waals surface area contributed by atoms with Gasteiger partial charge in [-0.1, -0.05) is 37.0 Å². The number of nitrogens with one attached hydrogen (secondary N) is 1. The maximum Gasteiger partial charge on any atom is 0.264 e. The summed E-state index contributed by atoms with van der Waals surface area (Å²) in [6.45, 7) is 4.58. The van der Waals surface area contributed by atoms with E-state index in [4.69, 9.17) is 4.74 Å². The minimum Gasteiger partial charge on any atom is -0.494 e. The molecular formula is C26H36N2O4S2. The summed E-state index contributed by atoms with van der Waals surface area (Å²) >= 11 is 2.00. The van der Waals surface area contributed by atoms with Crippen LogP contribution in [0.15, 0.2) is 53.4 Å². The summed E-state index contributed by atoms with van der Waals surface area (Å²) in [6.07, 6.45) is 7.47. The van der Waals surface area contributed by atoms with Crippen LogP contribution in [0, 0.1) is 6.92 Å². The van der Waals surface area contributed by atoms with Gasteiger partial charge in [0.2, 0.25) is 5.91 Å². The van der Waals surface area contributed by atoms with Gasteiger partial charge in [0.05, 0.1) is 17.2 Å². The molecule has 2 aromatic rings. The first-order valence-corrected chi connectivity index (χ1v) is 14.6. The van der Waals surface area contributed by atoms with Gasteiger partial charge in [-0.2, -0.15) is 11.8 Å². The molecule has 1 aliphatic carbocycles. The Balaban J connectivity index is 1.64. The molecule has 0 heterocycles. The Bertz CT molecular complexity index is 1000. The average molecular weight is 505 g/mol. The molecule has 0 atom stereocenters. The van der Waals surface area contributed by atoms with Crippen molar-refractivity contribution in [1.82, 2.24) is 5.32 Å². The van der Waals surface area contributed by atoms with E-state index < -0.39 is 10.0 Å². The standard InChI is InChI=1S/C26H36N2O4S2/c1-3-32-23-14-12-22(13-15-23)28(34(30,31)25-16-10-21(2)11-17-25)20-26(29)27-18-7-19-33-24-8-5-4-6-9-24/h10-17,24H,3-9,18-20H2,1-2H3,(H,27,29). The lowest BCUT2D eigenvalue weighted by Gasteiger charge is -2.24. The number of benzene rings is 2. The van der Waals surface area contributed by atoms with Crippen molar-refractivity contribution in [2.75, 3.05) is 29.8 Å². The van der Waals surface area contributed by atoms with Crippen LogP contribution >= 0.6 is 11.8 Å². The molecule has 0 unspecified atom stereocenters. The second-order valence-corrected chi connectivity index (χ2v) is 11.9. The third-order valence-electron chi connectivity index (χ3n) is 5.88. The van der Waals surface area contributed by atoms with E-state index in [-0.39, 0.29) is 17.3 Å². The van der Waals surface area contributed by atoms with Crippen LogP contribution < -0.4 is 14.4 Å². The molecule has 34 heavy (non-hydrogen) atoms. The van der Waals surface area contributed by atoms with Gasteiger partial charge in [0, 0.05) is 11.8 Å². The zero-order chi connectivity index (χ0) is 24.4. The Hall–Kier alpha value is -2.19. The highest BCUT2D eigenvalue weighted by Crippen LogP contribution is 2.28. The van der Waals surface area contributed by atoms with Gasteiger partial charge in [0.25, 0.3) is 10.0 Å². The zero-order valence-corrected chi connectivity index (χ0v) is 21.8. The maximum atomic E-state index is 13.5. The topological polar surface area (TPSA) is 75.7 Å². The molecule has 8 heteroatoms. The average Bonchev–Trinajstić information content (AvgIpc) is 2.84. The van der Waals surface area contributed by atoms with Crippen molar-refractivity contribution in [3.63, 3.8) is 0 Å². The molecule has 3 rings (SSSR count). The van der Waals surface area contributed by atoms with Crippen LogP contribution in [0.25, 0.3) is 0 Å². The van der Waals surface area contributed by atoms with E-state index in [1.165, 1.54) is 36.4 Å². The van der Waals surface area contributed by atoms with Crippen LogP contribution in [0.3, 0.4) is 0 Å². The van der Waals surface area contributed by atoms with Crippen molar-refractivity contribution in [3.05, 3.63) is 54.1 Å². The highest BCUT2D eigenvalue weighted by molar-refractivity contribution is 7.99. The quantitative estimate of drug-likeness (QED) is 0.404. The zero-order valence-electron chi connectivity index (χ0n) is 20.2. The first-order valence-electron chi connectivity index (χ1n) is 12.1. The normalized spacial score (nSPS) is 14.5. The smallest absolute Gasteiger partial charge is 0.264 e. The van der Waals surface area contributed by atoms with Crippen LogP contribution in [-0.4, -0.2) is 45.0 Å². The Kier molecular flexibility index (Phi) is 10.1. The van der Waals surface area contributed by atoms with Crippen molar-refractivity contribution in [3.8, 4) is 5.75 Å². The van der Waals surface area contributed by atoms with Crippen LogP contribution in [0.1, 0.15) is 51.0 Å². The SMILES string of the molecule is CCOc1ccc(N(CC(=O)NCCCSC2CCCCC2)S(=O)(=O)c2ccc(C)cc2)cc1. The number of anilines is 1. The van der Waals surface area contributed by atoms with E-state index in [1.807, 2.05) is 25.6 Å². The molecule has 2 aromatic carbocycles. The van der Waals surface area contributed by atoms with E-state index in [9.17, 15) is 13.2 Å². The van der Waals surface area contributed by atoms with E-state index in [1.54, 1.807) is 48.5 Å². The van der Waals surface area contributed by atoms with Gasteiger partial charge in [-0.15, -0.1) is 0 Å². The molecule has 0 spiro atoms. The largest absolute Gasteiger partial charge is 0.494 e. The first-order chi connectivity index (χ1) is 16.4. The molecule has 6 nitrogen and oxygen atoms in total. The van der Waals surface area contributed by atoms with Crippen LogP contribution in [0.4, 0.5) is 5.69 Å². The molecule has 1 saturated carbocycles. The molecule has 1 N–H and O–H groups in total. The number of hydrogen-bond donors (Lipinski definition) is 1. The van der Waals surface area contributed by atoms with Gasteiger partial charge in [0.1, 0.15) is 12.3 Å². The molecule has 1 amide bonds. The number of carbonyl (C=O) groups is 1. The minimum absolute atomic E-state index is 0.156. The predicted octanol–water partition coefficient (Wildman–Crippen LogP) is 5.16. The highest BCUT2D eigenvalue weighted by Gasteiger charge is 2.27. The van der Waals surface area contributed by atoms with Gasteiger partial charge in [0.15, 0.2) is 0 Å². The van der Waals surface area contributed by atoms with Gasteiger partial charge in [-0.05, 0) is 75.3 Å². The predicted molar refractivity (Wildman–Crippen MR) is 140 cm³/mol. The second kappa shape index (κ2) is 13.0. The Morgan fingerprint density at radius 2 is 1.74 bits per heavy atom. The third-order valence-corrected chi connectivity index (χ3v) is 9.14. The van der Waals surface area contributed by atoms with E-state index >= 15 is 0 Å². The number of sulfonamides is 1. The number of nitrogens with zero attached hydrogens (tertiary/aromatic N) is 1. The molecule has 0 saturated heterocycles. The van der Waals surface area contributed by atoms with E-state index in [2.05, 4.69) is 5.32 Å². The molecule has 0 radical (unpaired) electrons. The van der Waals surface area contributed by atoms with Gasteiger partial charge < -0.3 is 10.1 Å². The maximum absolute atomic E-state index is 13.5.